The van der Waals surface area contributed by atoms with E-state index < -0.39 is 5.97 Å². The van der Waals surface area contributed by atoms with E-state index in [4.69, 9.17) is 9.52 Å². The standard InChI is InChI=1S/C15H15NO3/c1-10-8-11-4-2-3-5-13(11)16(10)9-12-6-7-19-14(12)15(17)18/h2-7,10H,8-9H2,1H3,(H,17,18)/t10-/m0/s1. The van der Waals surface area contributed by atoms with Crippen LogP contribution in [0.1, 0.15) is 28.6 Å². The highest BCUT2D eigenvalue weighted by molar-refractivity contribution is 5.86. The number of carboxylic acids is 1. The van der Waals surface area contributed by atoms with Crippen LogP contribution in [0.5, 0.6) is 0 Å². The first-order valence-electron chi connectivity index (χ1n) is 6.31. The molecule has 1 aliphatic rings. The van der Waals surface area contributed by atoms with E-state index in [-0.39, 0.29) is 5.76 Å². The monoisotopic (exact) mass is 257 g/mol. The van der Waals surface area contributed by atoms with Crippen LogP contribution in [-0.4, -0.2) is 17.1 Å². The fourth-order valence-corrected chi connectivity index (χ4v) is 2.70. The van der Waals surface area contributed by atoms with Crippen LogP contribution in [0.25, 0.3) is 0 Å². The first-order chi connectivity index (χ1) is 9.16. The van der Waals surface area contributed by atoms with Crippen LogP contribution < -0.4 is 4.90 Å². The molecule has 0 fully saturated rings. The van der Waals surface area contributed by atoms with Crippen LogP contribution >= 0.6 is 0 Å². The average Bonchev–Trinajstić information content (AvgIpc) is 2.96. The predicted octanol–water partition coefficient (Wildman–Crippen LogP) is 2.93. The molecule has 0 saturated carbocycles. The van der Waals surface area contributed by atoms with E-state index in [9.17, 15) is 4.79 Å². The second kappa shape index (κ2) is 4.46. The molecule has 3 rings (SSSR count). The number of hydrogen-bond donors (Lipinski definition) is 1. The number of aromatic carboxylic acids is 1. The molecule has 4 nitrogen and oxygen atoms in total. The number of rotatable bonds is 3. The van der Waals surface area contributed by atoms with E-state index in [1.54, 1.807) is 6.07 Å². The minimum Gasteiger partial charge on any atom is -0.475 e. The third-order valence-electron chi connectivity index (χ3n) is 3.63. The van der Waals surface area contributed by atoms with E-state index in [1.807, 2.05) is 12.1 Å². The van der Waals surface area contributed by atoms with E-state index in [2.05, 4.69) is 24.0 Å². The molecule has 1 aliphatic heterocycles. The molecule has 1 atom stereocenters. The van der Waals surface area contributed by atoms with Gasteiger partial charge in [0.1, 0.15) is 0 Å². The van der Waals surface area contributed by atoms with Gasteiger partial charge in [-0.2, -0.15) is 0 Å². The molecule has 4 heteroatoms. The second-order valence-electron chi connectivity index (χ2n) is 4.89. The Morgan fingerprint density at radius 2 is 2.21 bits per heavy atom. The van der Waals surface area contributed by atoms with E-state index in [1.165, 1.54) is 17.5 Å². The van der Waals surface area contributed by atoms with Crippen molar-refractivity contribution in [1.82, 2.24) is 0 Å². The number of anilines is 1. The summed E-state index contributed by atoms with van der Waals surface area (Å²) in [6.07, 6.45) is 2.43. The van der Waals surface area contributed by atoms with Crippen molar-refractivity contribution in [3.8, 4) is 0 Å². The van der Waals surface area contributed by atoms with Crippen LogP contribution in [0.4, 0.5) is 5.69 Å². The number of para-hydroxylation sites is 1. The molecule has 0 bridgehead atoms. The summed E-state index contributed by atoms with van der Waals surface area (Å²) in [4.78, 5) is 13.3. The van der Waals surface area contributed by atoms with Crippen LogP contribution in [-0.2, 0) is 13.0 Å². The van der Waals surface area contributed by atoms with Crippen molar-refractivity contribution >= 4 is 11.7 Å². The number of benzene rings is 1. The lowest BCUT2D eigenvalue weighted by atomic mass is 10.1. The number of hydrogen-bond acceptors (Lipinski definition) is 3. The van der Waals surface area contributed by atoms with Gasteiger partial charge in [-0.25, -0.2) is 4.79 Å². The second-order valence-corrected chi connectivity index (χ2v) is 4.89. The fraction of sp³-hybridized carbons (Fsp3) is 0.267. The summed E-state index contributed by atoms with van der Waals surface area (Å²) < 4.78 is 5.03. The number of carbonyl (C=O) groups is 1. The molecule has 0 unspecified atom stereocenters. The minimum atomic E-state index is -1.01. The normalized spacial score (nSPS) is 17.5. The zero-order valence-corrected chi connectivity index (χ0v) is 10.7. The number of nitrogens with zero attached hydrogens (tertiary/aromatic N) is 1. The van der Waals surface area contributed by atoms with Crippen LogP contribution in [0.2, 0.25) is 0 Å². The lowest BCUT2D eigenvalue weighted by molar-refractivity contribution is 0.0660. The van der Waals surface area contributed by atoms with Gasteiger partial charge in [0.15, 0.2) is 0 Å². The molecule has 0 aliphatic carbocycles. The Morgan fingerprint density at radius 1 is 1.42 bits per heavy atom. The van der Waals surface area contributed by atoms with E-state index in [0.717, 1.165) is 12.0 Å². The first-order valence-corrected chi connectivity index (χ1v) is 6.31. The van der Waals surface area contributed by atoms with Crippen molar-refractivity contribution < 1.29 is 14.3 Å². The maximum absolute atomic E-state index is 11.1. The molecule has 0 saturated heterocycles. The summed E-state index contributed by atoms with van der Waals surface area (Å²) in [6, 6.07) is 10.4. The molecule has 19 heavy (non-hydrogen) atoms. The Hall–Kier alpha value is -2.23. The molecule has 2 aromatic rings. The van der Waals surface area contributed by atoms with Gasteiger partial charge in [-0.1, -0.05) is 18.2 Å². The smallest absolute Gasteiger partial charge is 0.372 e. The molecular formula is C15H15NO3. The molecule has 98 valence electrons. The van der Waals surface area contributed by atoms with Gasteiger partial charge in [0, 0.05) is 23.8 Å². The highest BCUT2D eigenvalue weighted by atomic mass is 16.4. The Morgan fingerprint density at radius 3 is 3.00 bits per heavy atom. The summed E-state index contributed by atoms with van der Waals surface area (Å²) in [5.41, 5.74) is 3.22. The van der Waals surface area contributed by atoms with Crippen LogP contribution in [0, 0.1) is 0 Å². The van der Waals surface area contributed by atoms with Crippen molar-refractivity contribution in [1.29, 1.82) is 0 Å². The first kappa shape index (κ1) is 11.8. The van der Waals surface area contributed by atoms with Crippen molar-refractivity contribution in [3.63, 3.8) is 0 Å². The van der Waals surface area contributed by atoms with Gasteiger partial charge >= 0.3 is 5.97 Å². The Bertz CT molecular complexity index is 617. The zero-order valence-electron chi connectivity index (χ0n) is 10.7. The van der Waals surface area contributed by atoms with Crippen LogP contribution in [0.3, 0.4) is 0 Å². The van der Waals surface area contributed by atoms with Crippen molar-refractivity contribution in [3.05, 3.63) is 53.5 Å². The summed E-state index contributed by atoms with van der Waals surface area (Å²) in [5, 5.41) is 9.08. The van der Waals surface area contributed by atoms with Crippen LogP contribution in [0.15, 0.2) is 41.0 Å². The van der Waals surface area contributed by atoms with Gasteiger partial charge in [-0.05, 0) is 31.0 Å². The zero-order chi connectivity index (χ0) is 13.4. The number of fused-ring (bicyclic) bond motifs is 1. The van der Waals surface area contributed by atoms with E-state index in [0.29, 0.717) is 12.6 Å². The Balaban J connectivity index is 1.91. The maximum Gasteiger partial charge on any atom is 0.372 e. The largest absolute Gasteiger partial charge is 0.475 e. The predicted molar refractivity (Wildman–Crippen MR) is 71.5 cm³/mol. The highest BCUT2D eigenvalue weighted by Crippen LogP contribution is 2.33. The van der Waals surface area contributed by atoms with Crippen molar-refractivity contribution in [2.24, 2.45) is 0 Å². The molecule has 1 aromatic carbocycles. The topological polar surface area (TPSA) is 53.7 Å². The molecule has 1 N–H and O–H groups in total. The Labute approximate surface area is 111 Å². The van der Waals surface area contributed by atoms with Crippen molar-refractivity contribution in [2.75, 3.05) is 4.90 Å². The van der Waals surface area contributed by atoms with Gasteiger partial charge < -0.3 is 14.4 Å². The highest BCUT2D eigenvalue weighted by Gasteiger charge is 2.27. The third-order valence-corrected chi connectivity index (χ3v) is 3.63. The molecule has 0 amide bonds. The molecular weight excluding hydrogens is 242 g/mol. The fourth-order valence-electron chi connectivity index (χ4n) is 2.70. The lowest BCUT2D eigenvalue weighted by Gasteiger charge is -2.24. The van der Waals surface area contributed by atoms with Gasteiger partial charge in [0.05, 0.1) is 6.26 Å². The quantitative estimate of drug-likeness (QED) is 0.918. The number of furan rings is 1. The maximum atomic E-state index is 11.1. The average molecular weight is 257 g/mol. The van der Waals surface area contributed by atoms with Gasteiger partial charge in [0.2, 0.25) is 5.76 Å². The molecule has 0 spiro atoms. The third kappa shape index (κ3) is 1.99. The molecule has 0 radical (unpaired) electrons. The molecule has 1 aromatic heterocycles. The summed E-state index contributed by atoms with van der Waals surface area (Å²) >= 11 is 0. The SMILES string of the molecule is C[C@H]1Cc2ccccc2N1Cc1ccoc1C(=O)O. The van der Waals surface area contributed by atoms with E-state index >= 15 is 0 Å². The summed E-state index contributed by atoms with van der Waals surface area (Å²) in [6.45, 7) is 2.72. The van der Waals surface area contributed by atoms with Gasteiger partial charge in [0.25, 0.3) is 0 Å². The minimum absolute atomic E-state index is 0.0385. The lowest BCUT2D eigenvalue weighted by Crippen LogP contribution is -2.29. The molecule has 2 heterocycles. The number of carboxylic acid groups (broad SMARTS) is 1. The van der Waals surface area contributed by atoms with Gasteiger partial charge in [-0.3, -0.25) is 0 Å². The summed E-state index contributed by atoms with van der Waals surface area (Å²) in [7, 11) is 0. The summed E-state index contributed by atoms with van der Waals surface area (Å²) in [5.74, 6) is -0.975. The Kier molecular flexibility index (Phi) is 2.78. The van der Waals surface area contributed by atoms with Crippen molar-refractivity contribution in [2.45, 2.75) is 25.9 Å². The van der Waals surface area contributed by atoms with Gasteiger partial charge in [-0.15, -0.1) is 0 Å².